The van der Waals surface area contributed by atoms with E-state index >= 15 is 4.79 Å². The maximum atomic E-state index is 15.2. The van der Waals surface area contributed by atoms with E-state index in [1.54, 1.807) is 67.8 Å². The van der Waals surface area contributed by atoms with Crippen LogP contribution in [0.2, 0.25) is 5.02 Å². The van der Waals surface area contributed by atoms with Gasteiger partial charge in [-0.2, -0.15) is 5.10 Å². The molecular weight excluding hydrogens is 744 g/mol. The summed E-state index contributed by atoms with van der Waals surface area (Å²) in [5.41, 5.74) is 0.272. The number of imide groups is 1. The highest BCUT2D eigenvalue weighted by Crippen LogP contribution is 2.63. The zero-order valence-corrected chi connectivity index (χ0v) is 32.0. The number of carbonyl (C=O) groups is 2. The number of aromatic nitrogens is 5. The van der Waals surface area contributed by atoms with Crippen molar-refractivity contribution in [2.45, 2.75) is 38.8 Å². The van der Waals surface area contributed by atoms with Crippen LogP contribution in [0.5, 0.6) is 17.2 Å². The number of benzene rings is 3. The van der Waals surface area contributed by atoms with Crippen molar-refractivity contribution in [3.63, 3.8) is 0 Å². The van der Waals surface area contributed by atoms with Crippen LogP contribution in [0, 0.1) is 18.3 Å². The van der Waals surface area contributed by atoms with Crippen LogP contribution in [0.4, 0.5) is 5.82 Å². The molecule has 4 atom stereocenters. The van der Waals surface area contributed by atoms with Crippen LogP contribution in [0.3, 0.4) is 0 Å². The smallest absolute Gasteiger partial charge is 0.352 e. The number of phenolic OH excluding ortho intramolecular Hbond substituents is 1. The number of aryl methyl sites for hydroxylation is 2. The van der Waals surface area contributed by atoms with Gasteiger partial charge in [0.15, 0.2) is 0 Å². The number of fused-ring (bicyclic) bond motifs is 5. The molecule has 2 amide bonds. The molecule has 9 rings (SSSR count). The maximum absolute atomic E-state index is 15.2. The Hall–Kier alpha value is -5.86. The Labute approximate surface area is 322 Å². The molecule has 280 valence electrons. The summed E-state index contributed by atoms with van der Waals surface area (Å²) in [6.07, 6.45) is 1.87. The molecule has 5 heterocycles. The molecule has 0 radical (unpaired) electrons. The van der Waals surface area contributed by atoms with E-state index in [1.165, 1.54) is 39.2 Å². The fraction of sp³-hybridized carbons (Fsp3) is 0.275. The minimum Gasteiger partial charge on any atom is -0.507 e. The van der Waals surface area contributed by atoms with Crippen LogP contribution in [0.15, 0.2) is 88.0 Å². The van der Waals surface area contributed by atoms with Crippen molar-refractivity contribution in [3.8, 4) is 33.5 Å². The first-order valence-electron chi connectivity index (χ1n) is 17.6. The van der Waals surface area contributed by atoms with Gasteiger partial charge in [0.1, 0.15) is 28.8 Å². The Morgan fingerprint density at radius 1 is 0.982 bits per heavy atom. The van der Waals surface area contributed by atoms with Gasteiger partial charge in [-0.25, -0.2) is 28.4 Å². The van der Waals surface area contributed by atoms with Crippen molar-refractivity contribution >= 4 is 50.7 Å². The molecule has 15 heteroatoms. The van der Waals surface area contributed by atoms with Gasteiger partial charge in [0.05, 0.1) is 48.7 Å². The number of carbonyl (C=O) groups excluding carboxylic acids is 2. The van der Waals surface area contributed by atoms with Gasteiger partial charge >= 0.3 is 11.4 Å². The van der Waals surface area contributed by atoms with Crippen molar-refractivity contribution in [1.82, 2.24) is 23.7 Å². The number of hydrogen-bond acceptors (Lipinski definition) is 9. The van der Waals surface area contributed by atoms with E-state index in [1.807, 2.05) is 31.2 Å². The number of rotatable bonds is 6. The number of methoxy groups -OCH3 is 2. The molecule has 2 fully saturated rings. The summed E-state index contributed by atoms with van der Waals surface area (Å²) in [4.78, 5) is 60.4. The number of para-hydroxylation sites is 1. The summed E-state index contributed by atoms with van der Waals surface area (Å²) < 4.78 is 17.7. The highest BCUT2D eigenvalue weighted by molar-refractivity contribution is 7.22. The molecule has 3 aliphatic rings. The van der Waals surface area contributed by atoms with E-state index in [2.05, 4.69) is 0 Å². The number of halogens is 1. The topological polar surface area (TPSA) is 143 Å². The Morgan fingerprint density at radius 3 is 2.47 bits per heavy atom. The molecule has 55 heavy (non-hydrogen) atoms. The third-order valence-corrected chi connectivity index (χ3v) is 13.1. The zero-order valence-electron chi connectivity index (χ0n) is 30.4. The second-order valence-electron chi connectivity index (χ2n) is 14.3. The second kappa shape index (κ2) is 12.3. The summed E-state index contributed by atoms with van der Waals surface area (Å²) >= 11 is 7.86. The number of phenols is 1. The number of allylic oxidation sites excluding steroid dienone is 2. The first-order chi connectivity index (χ1) is 26.4. The SMILES string of the molecule is COc1cc(O)c([C@H]2C3=CCn4c(=O)n(-c5ccccc5)c(=O)n4[C@@H]3C[C@H]3C(=O)N(c4cc(-c5sc6ccc(Cl)cc6c5C)nn4C)C(=O)[C@@]23C)c(OC)c1. The largest absolute Gasteiger partial charge is 0.507 e. The molecule has 3 aromatic heterocycles. The Bertz CT molecular complexity index is 2780. The van der Waals surface area contributed by atoms with Crippen LogP contribution in [0.1, 0.15) is 36.4 Å². The Kier molecular flexibility index (Phi) is 7.82. The molecule has 0 spiro atoms. The van der Waals surface area contributed by atoms with Gasteiger partial charge < -0.3 is 14.6 Å². The fourth-order valence-electron chi connectivity index (χ4n) is 8.98. The Morgan fingerprint density at radius 2 is 1.75 bits per heavy atom. The first kappa shape index (κ1) is 34.9. The first-order valence-corrected chi connectivity index (χ1v) is 18.8. The van der Waals surface area contributed by atoms with Crippen molar-refractivity contribution in [3.05, 3.63) is 115 Å². The van der Waals surface area contributed by atoms with Gasteiger partial charge in [0, 0.05) is 46.5 Å². The van der Waals surface area contributed by atoms with Gasteiger partial charge in [-0.1, -0.05) is 35.9 Å². The van der Waals surface area contributed by atoms with Crippen LogP contribution in [0.25, 0.3) is 26.3 Å². The molecule has 1 aliphatic carbocycles. The monoisotopic (exact) mass is 778 g/mol. The van der Waals surface area contributed by atoms with Gasteiger partial charge in [-0.3, -0.25) is 14.3 Å². The van der Waals surface area contributed by atoms with E-state index in [0.29, 0.717) is 27.7 Å². The number of anilines is 1. The summed E-state index contributed by atoms with van der Waals surface area (Å²) in [6.45, 7) is 3.74. The average molecular weight is 779 g/mol. The van der Waals surface area contributed by atoms with Crippen LogP contribution in [-0.2, 0) is 23.2 Å². The number of nitrogens with zero attached hydrogens (tertiary/aromatic N) is 6. The van der Waals surface area contributed by atoms with Crippen molar-refractivity contribution in [1.29, 1.82) is 0 Å². The summed E-state index contributed by atoms with van der Waals surface area (Å²) in [5, 5.41) is 18.1. The van der Waals surface area contributed by atoms with E-state index in [4.69, 9.17) is 26.2 Å². The molecule has 1 saturated carbocycles. The molecule has 3 aromatic carbocycles. The lowest BCUT2D eigenvalue weighted by atomic mass is 9.56. The molecule has 2 aliphatic heterocycles. The molecular formula is C40H35ClN6O7S. The molecule has 0 bridgehead atoms. The average Bonchev–Trinajstić information content (AvgIpc) is 3.85. The number of thiophene rings is 1. The lowest BCUT2D eigenvalue weighted by molar-refractivity contribution is -0.129. The fourth-order valence-corrected chi connectivity index (χ4v) is 10.3. The minimum atomic E-state index is -1.47. The summed E-state index contributed by atoms with van der Waals surface area (Å²) in [6, 6.07) is 18.3. The number of hydrogen-bond donors (Lipinski definition) is 1. The molecule has 1 N–H and O–H groups in total. The third-order valence-electron chi connectivity index (χ3n) is 11.6. The Balaban J connectivity index is 1.23. The van der Waals surface area contributed by atoms with Gasteiger partial charge in [0.2, 0.25) is 11.8 Å². The highest BCUT2D eigenvalue weighted by atomic mass is 35.5. The standard InChI is InChI=1S/C40H35ClN6O7S/c1-20-25-15-21(41)11-12-31(25)55-35(20)27-19-32(43(3)42-27)46-36(49)26-18-28-24(13-14-44-38(51)45(39(52)47(28)44)22-9-7-6-8-10-22)34(40(26,2)37(46)50)33-29(48)16-23(53-4)17-30(33)54-5/h6-13,15-17,19,26,28,34,48H,14,18H2,1-5H3/t26-,28+,34+,40+/m0/s1. The van der Waals surface area contributed by atoms with Crippen molar-refractivity contribution < 1.29 is 24.2 Å². The summed E-state index contributed by atoms with van der Waals surface area (Å²) in [7, 11) is 4.60. The van der Waals surface area contributed by atoms with E-state index in [9.17, 15) is 19.5 Å². The predicted molar refractivity (Wildman–Crippen MR) is 208 cm³/mol. The zero-order chi connectivity index (χ0) is 38.7. The predicted octanol–water partition coefficient (Wildman–Crippen LogP) is 5.97. The van der Waals surface area contributed by atoms with Crippen molar-refractivity contribution in [2.75, 3.05) is 19.1 Å². The lowest BCUT2D eigenvalue weighted by Crippen LogP contribution is -2.49. The van der Waals surface area contributed by atoms with Crippen LogP contribution >= 0.6 is 22.9 Å². The normalized spacial score (nSPS) is 21.7. The lowest BCUT2D eigenvalue weighted by Gasteiger charge is -2.47. The van der Waals surface area contributed by atoms with Crippen LogP contribution < -0.4 is 25.8 Å². The van der Waals surface area contributed by atoms with E-state index in [-0.39, 0.29) is 35.8 Å². The van der Waals surface area contributed by atoms with Gasteiger partial charge in [-0.05, 0) is 67.1 Å². The van der Waals surface area contributed by atoms with E-state index in [0.717, 1.165) is 25.1 Å². The second-order valence-corrected chi connectivity index (χ2v) is 15.8. The minimum absolute atomic E-state index is 0.0207. The van der Waals surface area contributed by atoms with Crippen molar-refractivity contribution in [2.24, 2.45) is 18.4 Å². The molecule has 13 nitrogen and oxygen atoms in total. The molecule has 1 saturated heterocycles. The maximum Gasteiger partial charge on any atom is 0.352 e. The third kappa shape index (κ3) is 4.80. The van der Waals surface area contributed by atoms with Crippen LogP contribution in [-0.4, -0.2) is 54.9 Å². The number of aromatic hydroxyl groups is 1. The van der Waals surface area contributed by atoms with Gasteiger partial charge in [0.25, 0.3) is 0 Å². The summed E-state index contributed by atoms with van der Waals surface area (Å²) in [5.74, 6) is -2.28. The quantitative estimate of drug-likeness (QED) is 0.161. The number of ether oxygens (including phenoxy) is 2. The highest BCUT2D eigenvalue weighted by Gasteiger charge is 2.66. The van der Waals surface area contributed by atoms with Gasteiger partial charge in [-0.15, -0.1) is 11.3 Å². The number of amides is 2. The van der Waals surface area contributed by atoms with E-state index < -0.39 is 46.5 Å². The molecule has 6 aromatic rings. The molecule has 0 unspecified atom stereocenters.